The number of carboxylic acids is 1. The van der Waals surface area contributed by atoms with Gasteiger partial charge in [-0.15, -0.1) is 0 Å². The van der Waals surface area contributed by atoms with Crippen molar-refractivity contribution in [1.82, 2.24) is 0 Å². The first-order valence-electron chi connectivity index (χ1n) is 6.93. The third-order valence-electron chi connectivity index (χ3n) is 4.00. The third kappa shape index (κ3) is 3.23. The molecule has 1 saturated carbocycles. The van der Waals surface area contributed by atoms with E-state index in [4.69, 9.17) is 9.84 Å². The number of hydrogen-bond donors (Lipinski definition) is 2. The zero-order valence-electron chi connectivity index (χ0n) is 12.4. The Morgan fingerprint density at radius 1 is 1.32 bits per heavy atom. The lowest BCUT2D eigenvalue weighted by atomic mass is 9.92. The largest absolute Gasteiger partial charge is 0.481 e. The molecule has 0 saturated heterocycles. The average molecular weight is 306 g/mol. The number of hydrogen-bond acceptors (Lipinski definition) is 5. The molecule has 1 aromatic carbocycles. The van der Waals surface area contributed by atoms with E-state index >= 15 is 0 Å². The Kier molecular flexibility index (Phi) is 4.73. The number of carbonyl (C=O) groups is 3. The summed E-state index contributed by atoms with van der Waals surface area (Å²) in [6, 6.07) is 3.01. The van der Waals surface area contributed by atoms with Gasteiger partial charge in [-0.1, -0.05) is 0 Å². The first-order chi connectivity index (χ1) is 10.4. The van der Waals surface area contributed by atoms with Gasteiger partial charge in [0, 0.05) is 24.2 Å². The average Bonchev–Trinajstić information content (AvgIpc) is 3.07. The van der Waals surface area contributed by atoms with Gasteiger partial charge >= 0.3 is 5.97 Å². The molecule has 0 amide bonds. The molecular weight excluding hydrogens is 288 g/mol. The molecule has 0 spiro atoms. The Bertz CT molecular complexity index is 621. The molecule has 0 aliphatic heterocycles. The number of benzene rings is 1. The number of methoxy groups -OCH3 is 1. The minimum absolute atomic E-state index is 0.117. The van der Waals surface area contributed by atoms with Crippen LogP contribution in [0.1, 0.15) is 38.8 Å². The Hall–Kier alpha value is -2.05. The molecular formula is C16H18O6. The van der Waals surface area contributed by atoms with Gasteiger partial charge in [-0.25, -0.2) is 0 Å². The highest BCUT2D eigenvalue weighted by Crippen LogP contribution is 2.37. The van der Waals surface area contributed by atoms with E-state index in [1.165, 1.54) is 20.1 Å². The topological polar surface area (TPSA) is 101 Å². The van der Waals surface area contributed by atoms with Gasteiger partial charge in [-0.2, -0.15) is 0 Å². The number of ether oxygens (including phenoxy) is 1. The van der Waals surface area contributed by atoms with Crippen LogP contribution in [0.5, 0.6) is 0 Å². The summed E-state index contributed by atoms with van der Waals surface area (Å²) in [6.45, 7) is 1.36. The second-order valence-corrected chi connectivity index (χ2v) is 5.51. The lowest BCUT2D eigenvalue weighted by Crippen LogP contribution is -2.10. The van der Waals surface area contributed by atoms with E-state index in [1.54, 1.807) is 6.07 Å². The van der Waals surface area contributed by atoms with Crippen LogP contribution in [-0.2, 0) is 22.4 Å². The molecule has 3 unspecified atom stereocenters. The molecule has 0 aromatic heterocycles. The van der Waals surface area contributed by atoms with Crippen LogP contribution in [0.2, 0.25) is 0 Å². The van der Waals surface area contributed by atoms with Crippen LogP contribution in [-0.4, -0.2) is 47.6 Å². The maximum atomic E-state index is 11.7. The van der Waals surface area contributed by atoms with Crippen LogP contribution in [0.3, 0.4) is 0 Å². The van der Waals surface area contributed by atoms with Crippen molar-refractivity contribution in [1.29, 1.82) is 0 Å². The Balaban J connectivity index is 2.37. The maximum Gasteiger partial charge on any atom is 0.307 e. The number of aliphatic hydroxyl groups excluding tert-OH is 1. The molecule has 118 valence electrons. The summed E-state index contributed by atoms with van der Waals surface area (Å²) in [5.74, 6) is -1.44. The summed E-state index contributed by atoms with van der Waals surface area (Å²) in [5, 5.41) is 18.6. The number of rotatable bonds is 7. The first kappa shape index (κ1) is 16.3. The molecule has 1 aromatic rings. The summed E-state index contributed by atoms with van der Waals surface area (Å²) >= 11 is 0. The van der Waals surface area contributed by atoms with Crippen molar-refractivity contribution in [3.05, 3.63) is 34.4 Å². The summed E-state index contributed by atoms with van der Waals surface area (Å²) in [6.07, 6.45) is -0.117. The Morgan fingerprint density at radius 2 is 2.00 bits per heavy atom. The summed E-state index contributed by atoms with van der Waals surface area (Å²) in [7, 11) is 1.51. The maximum absolute atomic E-state index is 11.7. The summed E-state index contributed by atoms with van der Waals surface area (Å²) in [4.78, 5) is 33.9. The lowest BCUT2D eigenvalue weighted by molar-refractivity contribution is -0.136. The van der Waals surface area contributed by atoms with E-state index in [2.05, 4.69) is 0 Å². The number of carboxylic acid groups (broad SMARTS) is 1. The molecule has 1 aliphatic rings. The normalized spacial score (nSPS) is 23.1. The van der Waals surface area contributed by atoms with Gasteiger partial charge in [0.2, 0.25) is 0 Å². The van der Waals surface area contributed by atoms with E-state index in [0.717, 1.165) is 0 Å². The van der Waals surface area contributed by atoms with Gasteiger partial charge in [0.05, 0.1) is 18.6 Å². The van der Waals surface area contributed by atoms with Crippen LogP contribution in [0.4, 0.5) is 0 Å². The first-order valence-corrected chi connectivity index (χ1v) is 6.93. The summed E-state index contributed by atoms with van der Waals surface area (Å²) < 4.78 is 5.10. The molecule has 22 heavy (non-hydrogen) atoms. The monoisotopic (exact) mass is 306 g/mol. The van der Waals surface area contributed by atoms with E-state index in [9.17, 15) is 19.5 Å². The van der Waals surface area contributed by atoms with Crippen LogP contribution < -0.4 is 0 Å². The summed E-state index contributed by atoms with van der Waals surface area (Å²) in [5.41, 5.74) is 1.59. The predicted octanol–water partition coefficient (Wildman–Crippen LogP) is 0.877. The number of aliphatic carboxylic acids is 1. The third-order valence-corrected chi connectivity index (χ3v) is 4.00. The molecule has 6 heteroatoms. The van der Waals surface area contributed by atoms with Crippen molar-refractivity contribution < 1.29 is 29.3 Å². The van der Waals surface area contributed by atoms with Crippen molar-refractivity contribution in [2.75, 3.05) is 7.11 Å². The number of aliphatic hydroxyl groups is 1. The van der Waals surface area contributed by atoms with Gasteiger partial charge in [-0.3, -0.25) is 14.4 Å². The fourth-order valence-electron chi connectivity index (χ4n) is 2.76. The van der Waals surface area contributed by atoms with Crippen LogP contribution >= 0.6 is 0 Å². The second-order valence-electron chi connectivity index (χ2n) is 5.51. The molecule has 0 bridgehead atoms. The van der Waals surface area contributed by atoms with Crippen molar-refractivity contribution in [3.63, 3.8) is 0 Å². The molecule has 6 nitrogen and oxygen atoms in total. The highest BCUT2D eigenvalue weighted by atomic mass is 16.5. The highest BCUT2D eigenvalue weighted by molar-refractivity contribution is 5.98. The van der Waals surface area contributed by atoms with Gasteiger partial charge < -0.3 is 14.9 Å². The fourth-order valence-corrected chi connectivity index (χ4v) is 2.76. The molecule has 2 rings (SSSR count). The number of ketones is 1. The molecule has 1 fully saturated rings. The zero-order valence-corrected chi connectivity index (χ0v) is 12.4. The smallest absolute Gasteiger partial charge is 0.307 e. The quantitative estimate of drug-likeness (QED) is 0.573. The van der Waals surface area contributed by atoms with Gasteiger partial charge in [-0.05, 0) is 36.6 Å². The van der Waals surface area contributed by atoms with Gasteiger partial charge in [0.25, 0.3) is 0 Å². The molecule has 3 atom stereocenters. The number of Topliss-reactive ketones (excluding diaryl/α,β-unsaturated/α-hetero) is 1. The number of aldehydes is 1. The standard InChI is InChI=1S/C16H18O6/c1-8(18)12-4-9(5-13-15(21)16(13)22-2)11(7-17)3-10(12)6-14(19)20/h3-4,7,13,15-16,21H,5-6H2,1-2H3,(H,19,20). The molecule has 1 aliphatic carbocycles. The van der Waals surface area contributed by atoms with Crippen molar-refractivity contribution in [2.24, 2.45) is 5.92 Å². The predicted molar refractivity (Wildman–Crippen MR) is 77.2 cm³/mol. The lowest BCUT2D eigenvalue weighted by Gasteiger charge is -2.11. The molecule has 2 N–H and O–H groups in total. The van der Waals surface area contributed by atoms with Crippen LogP contribution in [0.25, 0.3) is 0 Å². The SMILES string of the molecule is COC1C(O)C1Cc1cc(C(C)=O)c(CC(=O)O)cc1C=O. The van der Waals surface area contributed by atoms with E-state index in [1.807, 2.05) is 0 Å². The molecule has 0 radical (unpaired) electrons. The van der Waals surface area contributed by atoms with Gasteiger partial charge in [0.15, 0.2) is 5.78 Å². The van der Waals surface area contributed by atoms with E-state index in [0.29, 0.717) is 35.0 Å². The zero-order chi connectivity index (χ0) is 16.4. The van der Waals surface area contributed by atoms with Gasteiger partial charge in [0.1, 0.15) is 6.29 Å². The second kappa shape index (κ2) is 6.37. The number of carbonyl (C=O) groups excluding carboxylic acids is 2. The van der Waals surface area contributed by atoms with Crippen molar-refractivity contribution >= 4 is 18.0 Å². The Morgan fingerprint density at radius 3 is 2.45 bits per heavy atom. The van der Waals surface area contributed by atoms with Crippen molar-refractivity contribution in [2.45, 2.75) is 32.0 Å². The minimum atomic E-state index is -1.07. The van der Waals surface area contributed by atoms with Crippen LogP contribution in [0.15, 0.2) is 12.1 Å². The van der Waals surface area contributed by atoms with E-state index in [-0.39, 0.29) is 24.2 Å². The van der Waals surface area contributed by atoms with E-state index < -0.39 is 12.1 Å². The fraction of sp³-hybridized carbons (Fsp3) is 0.438. The Labute approximate surface area is 127 Å². The van der Waals surface area contributed by atoms with Crippen molar-refractivity contribution in [3.8, 4) is 0 Å². The molecule has 0 heterocycles. The minimum Gasteiger partial charge on any atom is -0.481 e. The van der Waals surface area contributed by atoms with Crippen LogP contribution in [0, 0.1) is 5.92 Å². The highest BCUT2D eigenvalue weighted by Gasteiger charge is 2.49.